The van der Waals surface area contributed by atoms with E-state index in [0.29, 0.717) is 5.92 Å². The van der Waals surface area contributed by atoms with Crippen molar-refractivity contribution in [2.45, 2.75) is 39.5 Å². The molecule has 1 unspecified atom stereocenters. The van der Waals surface area contributed by atoms with Gasteiger partial charge in [0.05, 0.1) is 0 Å². The summed E-state index contributed by atoms with van der Waals surface area (Å²) in [5.74, 6) is 1.07. The lowest BCUT2D eigenvalue weighted by Gasteiger charge is -2.12. The van der Waals surface area contributed by atoms with Gasteiger partial charge in [-0.15, -0.1) is 0 Å². The number of phenols is 2. The Hall–Kier alpha value is -1.18. The maximum Gasteiger partial charge on any atom is 0.119 e. The molecule has 0 aliphatic rings. The summed E-state index contributed by atoms with van der Waals surface area (Å²) in [7, 11) is 0. The van der Waals surface area contributed by atoms with Crippen LogP contribution >= 0.6 is 0 Å². The minimum absolute atomic E-state index is 0.227. The molecule has 0 radical (unpaired) electrons. The minimum Gasteiger partial charge on any atom is -0.508 e. The second-order valence-corrected chi connectivity index (χ2v) is 4.26. The molecule has 1 aromatic rings. The van der Waals surface area contributed by atoms with E-state index >= 15 is 0 Å². The van der Waals surface area contributed by atoms with Crippen LogP contribution in [0, 0.1) is 5.92 Å². The molecule has 1 atom stereocenters. The number of unbranched alkanes of at least 4 members (excludes halogenated alkanes) is 1. The van der Waals surface area contributed by atoms with Crippen molar-refractivity contribution >= 4 is 0 Å². The highest BCUT2D eigenvalue weighted by molar-refractivity contribution is 5.38. The molecule has 0 fully saturated rings. The zero-order valence-electron chi connectivity index (χ0n) is 9.53. The van der Waals surface area contributed by atoms with Crippen molar-refractivity contribution < 1.29 is 10.2 Å². The lowest BCUT2D eigenvalue weighted by molar-refractivity contribution is 0.440. The first kappa shape index (κ1) is 11.9. The summed E-state index contributed by atoms with van der Waals surface area (Å²) in [6, 6.07) is 4.71. The fraction of sp³-hybridized carbons (Fsp3) is 0.538. The lowest BCUT2D eigenvalue weighted by atomic mass is 9.95. The van der Waals surface area contributed by atoms with Gasteiger partial charge in [0, 0.05) is 0 Å². The third kappa shape index (κ3) is 3.82. The molecule has 0 saturated carbocycles. The summed E-state index contributed by atoms with van der Waals surface area (Å²) in [6.45, 7) is 4.36. The van der Waals surface area contributed by atoms with E-state index in [1.807, 2.05) is 0 Å². The number of hydrogen-bond acceptors (Lipinski definition) is 2. The van der Waals surface area contributed by atoms with E-state index in [2.05, 4.69) is 13.8 Å². The van der Waals surface area contributed by atoms with Gasteiger partial charge in [0.1, 0.15) is 11.5 Å². The Balaban J connectivity index is 2.59. The van der Waals surface area contributed by atoms with Crippen molar-refractivity contribution in [1.82, 2.24) is 0 Å². The van der Waals surface area contributed by atoms with Crippen molar-refractivity contribution in [3.8, 4) is 11.5 Å². The van der Waals surface area contributed by atoms with Crippen LogP contribution in [-0.4, -0.2) is 10.2 Å². The largest absolute Gasteiger partial charge is 0.508 e. The summed E-state index contributed by atoms with van der Waals surface area (Å²) >= 11 is 0. The zero-order valence-corrected chi connectivity index (χ0v) is 9.53. The highest BCUT2D eigenvalue weighted by atomic mass is 16.3. The van der Waals surface area contributed by atoms with Gasteiger partial charge < -0.3 is 10.2 Å². The van der Waals surface area contributed by atoms with Gasteiger partial charge in [-0.05, 0) is 36.1 Å². The molecule has 2 heteroatoms. The van der Waals surface area contributed by atoms with Crippen LogP contribution in [0.15, 0.2) is 18.2 Å². The molecule has 0 saturated heterocycles. The van der Waals surface area contributed by atoms with Crippen molar-refractivity contribution in [2.75, 3.05) is 0 Å². The minimum atomic E-state index is 0.227. The first-order chi connectivity index (χ1) is 7.13. The van der Waals surface area contributed by atoms with Crippen LogP contribution in [0.5, 0.6) is 11.5 Å². The summed E-state index contributed by atoms with van der Waals surface area (Å²) in [5.41, 5.74) is 0.846. The third-order valence-corrected chi connectivity index (χ3v) is 2.68. The summed E-state index contributed by atoms with van der Waals surface area (Å²) < 4.78 is 0. The van der Waals surface area contributed by atoms with Crippen molar-refractivity contribution in [2.24, 2.45) is 5.92 Å². The van der Waals surface area contributed by atoms with E-state index in [1.54, 1.807) is 12.1 Å². The molecule has 1 rings (SSSR count). The number of phenolic OH excluding ortho intramolecular Hbond substituents is 2. The Kier molecular flexibility index (Phi) is 4.47. The molecule has 2 N–H and O–H groups in total. The molecule has 0 aliphatic carbocycles. The van der Waals surface area contributed by atoms with Gasteiger partial charge in [0.15, 0.2) is 0 Å². The number of rotatable bonds is 5. The van der Waals surface area contributed by atoms with E-state index in [0.717, 1.165) is 12.0 Å². The summed E-state index contributed by atoms with van der Waals surface area (Å²) in [4.78, 5) is 0. The fourth-order valence-corrected chi connectivity index (χ4v) is 1.77. The molecule has 0 amide bonds. The van der Waals surface area contributed by atoms with E-state index in [1.165, 1.54) is 25.3 Å². The maximum absolute atomic E-state index is 9.60. The number of benzene rings is 1. The topological polar surface area (TPSA) is 40.5 Å². The molecule has 0 aromatic heterocycles. The van der Waals surface area contributed by atoms with Crippen LogP contribution in [0.4, 0.5) is 0 Å². The molecule has 0 bridgehead atoms. The monoisotopic (exact) mass is 208 g/mol. The highest BCUT2D eigenvalue weighted by Gasteiger charge is 2.07. The van der Waals surface area contributed by atoms with Crippen LogP contribution < -0.4 is 0 Å². The van der Waals surface area contributed by atoms with Gasteiger partial charge >= 0.3 is 0 Å². The maximum atomic E-state index is 9.60. The predicted molar refractivity (Wildman–Crippen MR) is 62.2 cm³/mol. The molecule has 0 spiro atoms. The van der Waals surface area contributed by atoms with Crippen LogP contribution in [0.1, 0.15) is 38.7 Å². The molecular formula is C13H20O2. The normalized spacial score (nSPS) is 12.7. The number of aromatic hydroxyl groups is 2. The van der Waals surface area contributed by atoms with Gasteiger partial charge in [0.2, 0.25) is 0 Å². The predicted octanol–water partition coefficient (Wildman–Crippen LogP) is 3.47. The quantitative estimate of drug-likeness (QED) is 0.727. The molecule has 84 valence electrons. The Labute approximate surface area is 91.6 Å². The Morgan fingerprint density at radius 2 is 2.00 bits per heavy atom. The molecule has 1 aromatic carbocycles. The molecule has 2 nitrogen and oxygen atoms in total. The standard InChI is InChI=1S/C13H20O2/c1-3-4-5-10(2)8-11-9-12(14)6-7-13(11)15/h6-7,9-10,14-15H,3-5,8H2,1-2H3. The zero-order chi connectivity index (χ0) is 11.3. The summed E-state index contributed by atoms with van der Waals surface area (Å²) in [5, 5.41) is 18.9. The molecule has 0 aliphatic heterocycles. The van der Waals surface area contributed by atoms with E-state index in [4.69, 9.17) is 0 Å². The van der Waals surface area contributed by atoms with Crippen molar-refractivity contribution in [1.29, 1.82) is 0 Å². The van der Waals surface area contributed by atoms with Gasteiger partial charge in [-0.1, -0.05) is 33.1 Å². The van der Waals surface area contributed by atoms with Gasteiger partial charge in [-0.3, -0.25) is 0 Å². The average molecular weight is 208 g/mol. The van der Waals surface area contributed by atoms with Crippen LogP contribution in [0.25, 0.3) is 0 Å². The highest BCUT2D eigenvalue weighted by Crippen LogP contribution is 2.26. The second-order valence-electron chi connectivity index (χ2n) is 4.26. The number of hydrogen-bond donors (Lipinski definition) is 2. The lowest BCUT2D eigenvalue weighted by Crippen LogP contribution is -1.99. The Morgan fingerprint density at radius 1 is 1.27 bits per heavy atom. The second kappa shape index (κ2) is 5.64. The fourth-order valence-electron chi connectivity index (χ4n) is 1.77. The Bertz CT molecular complexity index is 307. The van der Waals surface area contributed by atoms with E-state index < -0.39 is 0 Å². The van der Waals surface area contributed by atoms with E-state index in [9.17, 15) is 10.2 Å². The molecular weight excluding hydrogens is 188 g/mol. The third-order valence-electron chi connectivity index (χ3n) is 2.68. The smallest absolute Gasteiger partial charge is 0.119 e. The first-order valence-corrected chi connectivity index (χ1v) is 5.64. The van der Waals surface area contributed by atoms with Crippen molar-refractivity contribution in [3.63, 3.8) is 0 Å². The average Bonchev–Trinajstić information content (AvgIpc) is 2.20. The van der Waals surface area contributed by atoms with Gasteiger partial charge in [0.25, 0.3) is 0 Å². The SMILES string of the molecule is CCCCC(C)Cc1cc(O)ccc1O. The summed E-state index contributed by atoms with van der Waals surface area (Å²) in [6.07, 6.45) is 4.43. The van der Waals surface area contributed by atoms with Gasteiger partial charge in [-0.25, -0.2) is 0 Å². The Morgan fingerprint density at radius 3 is 2.67 bits per heavy atom. The molecule has 0 heterocycles. The van der Waals surface area contributed by atoms with Crippen LogP contribution in [-0.2, 0) is 6.42 Å². The van der Waals surface area contributed by atoms with Gasteiger partial charge in [-0.2, -0.15) is 0 Å². The first-order valence-electron chi connectivity index (χ1n) is 5.64. The van der Waals surface area contributed by atoms with E-state index in [-0.39, 0.29) is 11.5 Å². The van der Waals surface area contributed by atoms with Crippen molar-refractivity contribution in [3.05, 3.63) is 23.8 Å². The molecule has 15 heavy (non-hydrogen) atoms. The van der Waals surface area contributed by atoms with Crippen LogP contribution in [0.3, 0.4) is 0 Å². The van der Waals surface area contributed by atoms with Crippen LogP contribution in [0.2, 0.25) is 0 Å².